The Labute approximate surface area is 126 Å². The highest BCUT2D eigenvalue weighted by molar-refractivity contribution is 5.33. The van der Waals surface area contributed by atoms with Gasteiger partial charge in [0.05, 0.1) is 6.61 Å². The minimum Gasteiger partial charge on any atom is -0.494 e. The third-order valence-electron chi connectivity index (χ3n) is 3.66. The fourth-order valence-electron chi connectivity index (χ4n) is 2.45. The van der Waals surface area contributed by atoms with Crippen molar-refractivity contribution in [1.29, 1.82) is 0 Å². The summed E-state index contributed by atoms with van der Waals surface area (Å²) in [7, 11) is 1.92. The average Bonchev–Trinajstić information content (AvgIpc) is 2.49. The van der Waals surface area contributed by atoms with Crippen LogP contribution in [-0.4, -0.2) is 13.7 Å². The van der Waals surface area contributed by atoms with Gasteiger partial charge in [0, 0.05) is 6.04 Å². The van der Waals surface area contributed by atoms with E-state index in [2.05, 4.69) is 11.4 Å². The van der Waals surface area contributed by atoms with Crippen LogP contribution < -0.4 is 10.1 Å². The molecule has 2 nitrogen and oxygen atoms in total. The van der Waals surface area contributed by atoms with Gasteiger partial charge in [0.15, 0.2) is 0 Å². The maximum Gasteiger partial charge on any atom is 0.123 e. The van der Waals surface area contributed by atoms with Crippen LogP contribution in [0, 0.1) is 12.7 Å². The van der Waals surface area contributed by atoms with Crippen molar-refractivity contribution in [2.45, 2.75) is 26.3 Å². The lowest BCUT2D eigenvalue weighted by atomic mass is 9.96. The van der Waals surface area contributed by atoms with E-state index in [1.807, 2.05) is 45.2 Å². The van der Waals surface area contributed by atoms with E-state index in [-0.39, 0.29) is 11.9 Å². The molecule has 0 heterocycles. The van der Waals surface area contributed by atoms with E-state index in [1.54, 1.807) is 6.07 Å². The Balaban J connectivity index is 2.23. The van der Waals surface area contributed by atoms with Gasteiger partial charge in [-0.25, -0.2) is 4.39 Å². The highest BCUT2D eigenvalue weighted by Gasteiger charge is 2.13. The second kappa shape index (κ2) is 7.23. The van der Waals surface area contributed by atoms with Crippen molar-refractivity contribution in [3.63, 3.8) is 0 Å². The molecule has 0 fully saturated rings. The van der Waals surface area contributed by atoms with E-state index in [0.717, 1.165) is 28.9 Å². The van der Waals surface area contributed by atoms with Gasteiger partial charge in [0.1, 0.15) is 11.6 Å². The van der Waals surface area contributed by atoms with Crippen LogP contribution in [0.2, 0.25) is 0 Å². The quantitative estimate of drug-likeness (QED) is 0.866. The normalized spacial score (nSPS) is 12.2. The molecule has 0 aliphatic rings. The first kappa shape index (κ1) is 15.5. The van der Waals surface area contributed by atoms with Crippen molar-refractivity contribution in [3.05, 3.63) is 65.0 Å². The Morgan fingerprint density at radius 2 is 2.00 bits per heavy atom. The number of hydrogen-bond acceptors (Lipinski definition) is 2. The molecular formula is C18H22FNO. The molecule has 1 N–H and O–H groups in total. The van der Waals surface area contributed by atoms with Crippen molar-refractivity contribution >= 4 is 0 Å². The van der Waals surface area contributed by atoms with Crippen molar-refractivity contribution in [2.24, 2.45) is 0 Å². The van der Waals surface area contributed by atoms with Gasteiger partial charge in [-0.2, -0.15) is 0 Å². The van der Waals surface area contributed by atoms with Gasteiger partial charge in [-0.05, 0) is 68.3 Å². The minimum atomic E-state index is -0.187. The first-order chi connectivity index (χ1) is 10.1. The van der Waals surface area contributed by atoms with Crippen LogP contribution in [0.4, 0.5) is 4.39 Å². The zero-order valence-corrected chi connectivity index (χ0v) is 12.8. The number of ether oxygens (including phenoxy) is 1. The molecule has 0 saturated heterocycles. The standard InChI is InChI=1S/C18H22FNO/c1-4-21-17-7-5-6-14(11-17)18(20-3)12-15-10-16(19)9-8-13(15)2/h5-11,18,20H,4,12H2,1-3H3. The van der Waals surface area contributed by atoms with Crippen LogP contribution in [0.1, 0.15) is 29.7 Å². The van der Waals surface area contributed by atoms with E-state index in [0.29, 0.717) is 6.61 Å². The lowest BCUT2D eigenvalue weighted by Crippen LogP contribution is -2.19. The Kier molecular flexibility index (Phi) is 5.34. The average molecular weight is 287 g/mol. The minimum absolute atomic E-state index is 0.130. The van der Waals surface area contributed by atoms with Crippen molar-refractivity contribution in [2.75, 3.05) is 13.7 Å². The van der Waals surface area contributed by atoms with Crippen LogP contribution in [0.15, 0.2) is 42.5 Å². The molecule has 0 aliphatic carbocycles. The lowest BCUT2D eigenvalue weighted by Gasteiger charge is -2.19. The fraction of sp³-hybridized carbons (Fsp3) is 0.333. The molecule has 3 heteroatoms. The lowest BCUT2D eigenvalue weighted by molar-refractivity contribution is 0.339. The maximum absolute atomic E-state index is 13.4. The van der Waals surface area contributed by atoms with Crippen LogP contribution in [0.3, 0.4) is 0 Å². The third-order valence-corrected chi connectivity index (χ3v) is 3.66. The van der Waals surface area contributed by atoms with E-state index in [1.165, 1.54) is 6.07 Å². The molecule has 0 spiro atoms. The van der Waals surface area contributed by atoms with Crippen molar-refractivity contribution in [1.82, 2.24) is 5.32 Å². The Hall–Kier alpha value is -1.87. The van der Waals surface area contributed by atoms with Gasteiger partial charge in [-0.15, -0.1) is 0 Å². The van der Waals surface area contributed by atoms with Crippen molar-refractivity contribution in [3.8, 4) is 5.75 Å². The predicted molar refractivity (Wildman–Crippen MR) is 84.3 cm³/mol. The van der Waals surface area contributed by atoms with E-state index >= 15 is 0 Å². The number of nitrogens with one attached hydrogen (secondary N) is 1. The molecule has 2 rings (SSSR count). The first-order valence-electron chi connectivity index (χ1n) is 7.29. The summed E-state index contributed by atoms with van der Waals surface area (Å²) in [6.07, 6.45) is 0.746. The number of rotatable bonds is 6. The van der Waals surface area contributed by atoms with Crippen LogP contribution in [-0.2, 0) is 6.42 Å². The smallest absolute Gasteiger partial charge is 0.123 e. The summed E-state index contributed by atoms with van der Waals surface area (Å²) in [5, 5.41) is 3.30. The van der Waals surface area contributed by atoms with Gasteiger partial charge in [0.2, 0.25) is 0 Å². The Bertz CT molecular complexity index is 598. The zero-order chi connectivity index (χ0) is 15.2. The summed E-state index contributed by atoms with van der Waals surface area (Å²) < 4.78 is 19.0. The van der Waals surface area contributed by atoms with E-state index < -0.39 is 0 Å². The Morgan fingerprint density at radius 1 is 1.19 bits per heavy atom. The molecule has 0 aromatic heterocycles. The summed E-state index contributed by atoms with van der Waals surface area (Å²) in [5.41, 5.74) is 3.28. The number of halogens is 1. The molecule has 0 radical (unpaired) electrons. The van der Waals surface area contributed by atoms with Crippen LogP contribution in [0.5, 0.6) is 5.75 Å². The van der Waals surface area contributed by atoms with Gasteiger partial charge in [0.25, 0.3) is 0 Å². The predicted octanol–water partition coefficient (Wildman–Crippen LogP) is 4.04. The molecule has 2 aromatic carbocycles. The largest absolute Gasteiger partial charge is 0.494 e. The second-order valence-corrected chi connectivity index (χ2v) is 5.12. The molecule has 0 saturated carbocycles. The molecule has 21 heavy (non-hydrogen) atoms. The first-order valence-corrected chi connectivity index (χ1v) is 7.29. The van der Waals surface area contributed by atoms with Crippen LogP contribution >= 0.6 is 0 Å². The highest BCUT2D eigenvalue weighted by atomic mass is 19.1. The third kappa shape index (κ3) is 4.05. The Morgan fingerprint density at radius 3 is 2.71 bits per heavy atom. The summed E-state index contributed by atoms with van der Waals surface area (Å²) >= 11 is 0. The van der Waals surface area contributed by atoms with Crippen LogP contribution in [0.25, 0.3) is 0 Å². The molecule has 112 valence electrons. The molecule has 0 aliphatic heterocycles. The van der Waals surface area contributed by atoms with Gasteiger partial charge in [-0.3, -0.25) is 0 Å². The SMILES string of the molecule is CCOc1cccc(C(Cc2cc(F)ccc2C)NC)c1. The number of likely N-dealkylation sites (N-methyl/N-ethyl adjacent to an activating group) is 1. The van der Waals surface area contributed by atoms with Gasteiger partial charge in [-0.1, -0.05) is 18.2 Å². The molecule has 1 unspecified atom stereocenters. The molecule has 1 atom stereocenters. The van der Waals surface area contributed by atoms with Gasteiger partial charge >= 0.3 is 0 Å². The van der Waals surface area contributed by atoms with Gasteiger partial charge < -0.3 is 10.1 Å². The number of aryl methyl sites for hydroxylation is 1. The summed E-state index contributed by atoms with van der Waals surface area (Å²) in [5.74, 6) is 0.680. The fourth-order valence-corrected chi connectivity index (χ4v) is 2.45. The van der Waals surface area contributed by atoms with E-state index in [9.17, 15) is 4.39 Å². The van der Waals surface area contributed by atoms with E-state index in [4.69, 9.17) is 4.74 Å². The molecule has 0 bridgehead atoms. The molecular weight excluding hydrogens is 265 g/mol. The number of benzene rings is 2. The highest BCUT2D eigenvalue weighted by Crippen LogP contribution is 2.24. The second-order valence-electron chi connectivity index (χ2n) is 5.12. The molecule has 2 aromatic rings. The zero-order valence-electron chi connectivity index (χ0n) is 12.8. The molecule has 0 amide bonds. The maximum atomic E-state index is 13.4. The summed E-state index contributed by atoms with van der Waals surface area (Å²) in [6.45, 7) is 4.63. The number of hydrogen-bond donors (Lipinski definition) is 1. The van der Waals surface area contributed by atoms with Crippen molar-refractivity contribution < 1.29 is 9.13 Å². The monoisotopic (exact) mass is 287 g/mol. The summed E-state index contributed by atoms with van der Waals surface area (Å²) in [4.78, 5) is 0. The topological polar surface area (TPSA) is 21.3 Å². The summed E-state index contributed by atoms with van der Waals surface area (Å²) in [6, 6.07) is 13.1.